The highest BCUT2D eigenvalue weighted by Crippen LogP contribution is 2.71. The molecule has 1 spiro atoms. The summed E-state index contributed by atoms with van der Waals surface area (Å²) in [6.45, 7) is 4.62. The van der Waals surface area contributed by atoms with Gasteiger partial charge in [0.15, 0.2) is 0 Å². The number of benzene rings is 1. The van der Waals surface area contributed by atoms with Gasteiger partial charge in [0.25, 0.3) is 0 Å². The van der Waals surface area contributed by atoms with Gasteiger partial charge >= 0.3 is 6.18 Å². The van der Waals surface area contributed by atoms with E-state index in [0.717, 1.165) is 22.2 Å². The van der Waals surface area contributed by atoms with Crippen molar-refractivity contribution < 1.29 is 13.2 Å². The summed E-state index contributed by atoms with van der Waals surface area (Å²) in [6, 6.07) is 6.20. The Hall–Kier alpha value is -2.48. The third kappa shape index (κ3) is 3.85. The zero-order valence-corrected chi connectivity index (χ0v) is 20.9. The van der Waals surface area contributed by atoms with Crippen LogP contribution >= 0.6 is 11.3 Å². The molecule has 8 heteroatoms. The number of halogens is 3. The summed E-state index contributed by atoms with van der Waals surface area (Å²) in [6.07, 6.45) is 7.79. The monoisotopic (exact) mass is 498 g/mol. The number of pyridine rings is 1. The summed E-state index contributed by atoms with van der Waals surface area (Å²) < 4.78 is 43.6. The Morgan fingerprint density at radius 3 is 2.63 bits per heavy atom. The second-order valence-electron chi connectivity index (χ2n) is 10.7. The van der Waals surface area contributed by atoms with Crippen molar-refractivity contribution in [3.05, 3.63) is 52.6 Å². The number of hydrogen-bond acceptors (Lipinski definition) is 4. The number of rotatable bonds is 5. The van der Waals surface area contributed by atoms with Crippen LogP contribution in [0.5, 0.6) is 0 Å². The molecule has 2 saturated carbocycles. The largest absolute Gasteiger partial charge is 0.433 e. The maximum Gasteiger partial charge on any atom is 0.433 e. The smallest absolute Gasteiger partial charge is 0.326 e. The van der Waals surface area contributed by atoms with Crippen molar-refractivity contribution in [2.75, 3.05) is 0 Å². The fourth-order valence-electron chi connectivity index (χ4n) is 6.52. The van der Waals surface area contributed by atoms with Gasteiger partial charge in [0, 0.05) is 18.5 Å². The van der Waals surface area contributed by atoms with Crippen LogP contribution in [0.25, 0.3) is 21.3 Å². The summed E-state index contributed by atoms with van der Waals surface area (Å²) in [5, 5.41) is 1.20. The highest BCUT2D eigenvalue weighted by Gasteiger charge is 2.63. The second-order valence-corrected chi connectivity index (χ2v) is 11.8. The highest BCUT2D eigenvalue weighted by atomic mass is 32.1. The van der Waals surface area contributed by atoms with Crippen LogP contribution in [0.15, 0.2) is 30.7 Å². The van der Waals surface area contributed by atoms with Crippen LogP contribution in [0.4, 0.5) is 13.2 Å². The van der Waals surface area contributed by atoms with Gasteiger partial charge in [-0.1, -0.05) is 39.2 Å². The molecule has 184 valence electrons. The van der Waals surface area contributed by atoms with Gasteiger partial charge < -0.3 is 4.57 Å². The lowest BCUT2D eigenvalue weighted by atomic mass is 9.79. The van der Waals surface area contributed by atoms with Gasteiger partial charge in [0.2, 0.25) is 0 Å². The van der Waals surface area contributed by atoms with Crippen molar-refractivity contribution in [2.24, 2.45) is 10.8 Å². The van der Waals surface area contributed by atoms with Gasteiger partial charge in [-0.25, -0.2) is 15.0 Å². The van der Waals surface area contributed by atoms with Crippen molar-refractivity contribution in [1.29, 1.82) is 0 Å². The van der Waals surface area contributed by atoms with Crippen LogP contribution in [0.1, 0.15) is 74.2 Å². The Morgan fingerprint density at radius 2 is 1.89 bits per heavy atom. The van der Waals surface area contributed by atoms with Gasteiger partial charge in [0.05, 0.1) is 33.3 Å². The van der Waals surface area contributed by atoms with Gasteiger partial charge in [-0.3, -0.25) is 0 Å². The molecule has 1 aromatic carbocycles. The van der Waals surface area contributed by atoms with Gasteiger partial charge in [0.1, 0.15) is 11.2 Å². The molecule has 0 aliphatic heterocycles. The molecule has 0 radical (unpaired) electrons. The first-order chi connectivity index (χ1) is 16.7. The van der Waals surface area contributed by atoms with E-state index in [9.17, 15) is 13.2 Å². The predicted molar refractivity (Wildman–Crippen MR) is 133 cm³/mol. The minimum atomic E-state index is -4.49. The minimum absolute atomic E-state index is 0.197. The maximum absolute atomic E-state index is 13.5. The second kappa shape index (κ2) is 8.02. The SMILES string of the molecule is CCc1c(C(F)(F)F)ncc2ncn(Cc3ccc4nc(C[C@]5(C)CC56CCCCC6)sc4c3)c12. The van der Waals surface area contributed by atoms with Crippen LogP contribution in [0.2, 0.25) is 0 Å². The number of fused-ring (bicyclic) bond motifs is 2. The molecule has 6 rings (SSSR count). The number of hydrogen-bond donors (Lipinski definition) is 0. The summed E-state index contributed by atoms with van der Waals surface area (Å²) >= 11 is 1.76. The standard InChI is InChI=1S/C27H29F3N4S/c1-3-18-23-20(13-31-24(18)27(28,29)30)32-16-34(23)14-17-7-8-19-21(11-17)35-22(33-19)12-25(2)15-26(25)9-5-4-6-10-26/h7-8,11,13,16H,3-6,9-10,12,14-15H2,1-2H3/t25-/m1/s1. The molecule has 0 N–H and O–H groups in total. The molecular weight excluding hydrogens is 469 g/mol. The van der Waals surface area contributed by atoms with E-state index < -0.39 is 11.9 Å². The van der Waals surface area contributed by atoms with E-state index >= 15 is 0 Å². The van der Waals surface area contributed by atoms with Crippen LogP contribution in [-0.4, -0.2) is 19.5 Å². The van der Waals surface area contributed by atoms with E-state index in [4.69, 9.17) is 4.98 Å². The average Bonchev–Trinajstić information content (AvgIpc) is 3.13. The van der Waals surface area contributed by atoms with Crippen LogP contribution < -0.4 is 0 Å². The molecule has 0 amide bonds. The molecule has 4 aromatic rings. The first-order valence-electron chi connectivity index (χ1n) is 12.5. The van der Waals surface area contributed by atoms with Crippen molar-refractivity contribution in [3.8, 4) is 0 Å². The number of thiazole rings is 1. The number of nitrogens with zero attached hydrogens (tertiary/aromatic N) is 4. The molecule has 0 bridgehead atoms. The summed E-state index contributed by atoms with van der Waals surface area (Å²) in [7, 11) is 0. The topological polar surface area (TPSA) is 43.6 Å². The zero-order chi connectivity index (χ0) is 24.4. The fraction of sp³-hybridized carbons (Fsp3) is 0.519. The van der Waals surface area contributed by atoms with Crippen LogP contribution in [0.3, 0.4) is 0 Å². The molecule has 0 unspecified atom stereocenters. The molecule has 2 fully saturated rings. The third-order valence-electron chi connectivity index (χ3n) is 8.46. The lowest BCUT2D eigenvalue weighted by Gasteiger charge is -2.26. The molecule has 2 aliphatic carbocycles. The molecule has 1 atom stereocenters. The Bertz CT molecular complexity index is 1410. The number of aromatic nitrogens is 4. The fourth-order valence-corrected chi connectivity index (χ4v) is 7.74. The molecule has 0 saturated heterocycles. The summed E-state index contributed by atoms with van der Waals surface area (Å²) in [4.78, 5) is 12.9. The average molecular weight is 499 g/mol. The summed E-state index contributed by atoms with van der Waals surface area (Å²) in [5.41, 5.74) is 3.33. The third-order valence-corrected chi connectivity index (χ3v) is 9.48. The van der Waals surface area contributed by atoms with E-state index in [0.29, 0.717) is 28.4 Å². The summed E-state index contributed by atoms with van der Waals surface area (Å²) in [5.74, 6) is 0. The Labute approximate surface area is 206 Å². The zero-order valence-electron chi connectivity index (χ0n) is 20.1. The Morgan fingerprint density at radius 1 is 1.09 bits per heavy atom. The molecular formula is C27H29F3N4S. The number of aryl methyl sites for hydroxylation is 1. The molecule has 35 heavy (non-hydrogen) atoms. The van der Waals surface area contributed by atoms with Gasteiger partial charge in [-0.15, -0.1) is 11.3 Å². The van der Waals surface area contributed by atoms with E-state index in [-0.39, 0.29) is 12.0 Å². The lowest BCUT2D eigenvalue weighted by Crippen LogP contribution is -2.17. The van der Waals surface area contributed by atoms with Crippen LogP contribution in [-0.2, 0) is 25.6 Å². The number of alkyl halides is 3. The number of imidazole rings is 1. The van der Waals surface area contributed by atoms with Gasteiger partial charge in [-0.05, 0) is 54.2 Å². The predicted octanol–water partition coefficient (Wildman–Crippen LogP) is 7.57. The Balaban J connectivity index is 1.28. The van der Waals surface area contributed by atoms with Crippen molar-refractivity contribution >= 4 is 32.6 Å². The van der Waals surface area contributed by atoms with Crippen molar-refractivity contribution in [3.63, 3.8) is 0 Å². The maximum atomic E-state index is 13.5. The first-order valence-corrected chi connectivity index (χ1v) is 13.3. The normalized spacial score (nSPS) is 21.9. The highest BCUT2D eigenvalue weighted by molar-refractivity contribution is 7.18. The van der Waals surface area contributed by atoms with Crippen molar-refractivity contribution in [2.45, 2.75) is 77.9 Å². The molecule has 2 aliphatic rings. The van der Waals surface area contributed by atoms with Gasteiger partial charge in [-0.2, -0.15) is 13.2 Å². The van der Waals surface area contributed by atoms with Crippen LogP contribution in [0, 0.1) is 10.8 Å². The van der Waals surface area contributed by atoms with E-state index in [1.54, 1.807) is 24.6 Å². The molecule has 3 aromatic heterocycles. The van der Waals surface area contributed by atoms with E-state index in [1.807, 2.05) is 16.7 Å². The van der Waals surface area contributed by atoms with E-state index in [1.165, 1.54) is 49.7 Å². The molecule has 4 nitrogen and oxygen atoms in total. The minimum Gasteiger partial charge on any atom is -0.326 e. The quantitative estimate of drug-likeness (QED) is 0.285. The van der Waals surface area contributed by atoms with Crippen molar-refractivity contribution in [1.82, 2.24) is 19.5 Å². The van der Waals surface area contributed by atoms with E-state index in [2.05, 4.69) is 23.0 Å². The molecule has 3 heterocycles. The Kier molecular flexibility index (Phi) is 5.26. The first kappa shape index (κ1) is 23.0. The lowest BCUT2D eigenvalue weighted by molar-refractivity contribution is -0.141.